The van der Waals surface area contributed by atoms with Crippen molar-refractivity contribution in [1.29, 1.82) is 0 Å². The minimum Gasteiger partial charge on any atom is -0.399 e. The lowest BCUT2D eigenvalue weighted by atomic mass is 9.79. The van der Waals surface area contributed by atoms with Crippen LogP contribution >= 0.6 is 11.8 Å². The Labute approximate surface area is 164 Å². The fourth-order valence-electron chi connectivity index (χ4n) is 3.40. The highest BCUT2D eigenvalue weighted by molar-refractivity contribution is 7.98. The predicted molar refractivity (Wildman–Crippen MR) is 109 cm³/mol. The number of aryl methyl sites for hydroxylation is 1. The van der Waals surface area contributed by atoms with Crippen molar-refractivity contribution in [2.75, 3.05) is 0 Å². The Hall–Kier alpha value is -1.57. The molecule has 0 atom stereocenters. The predicted octanol–water partition coefficient (Wildman–Crippen LogP) is 2.85. The van der Waals surface area contributed by atoms with Gasteiger partial charge in [-0.2, -0.15) is 4.98 Å². The van der Waals surface area contributed by atoms with Crippen molar-refractivity contribution >= 4 is 24.3 Å². The van der Waals surface area contributed by atoms with Crippen molar-refractivity contribution in [3.05, 3.63) is 51.4 Å². The summed E-state index contributed by atoms with van der Waals surface area (Å²) in [6.45, 7) is 8.23. The van der Waals surface area contributed by atoms with E-state index in [2.05, 4.69) is 61.9 Å². The molecule has 0 spiro atoms. The highest BCUT2D eigenvalue weighted by Gasteiger charge is 2.51. The zero-order valence-corrected chi connectivity index (χ0v) is 17.1. The van der Waals surface area contributed by atoms with Crippen LogP contribution in [0.15, 0.2) is 34.2 Å². The van der Waals surface area contributed by atoms with Gasteiger partial charge < -0.3 is 14.3 Å². The molecule has 1 N–H and O–H groups in total. The summed E-state index contributed by atoms with van der Waals surface area (Å²) < 4.78 is 12.2. The van der Waals surface area contributed by atoms with E-state index in [1.807, 2.05) is 0 Å². The van der Waals surface area contributed by atoms with E-state index in [4.69, 9.17) is 9.31 Å². The highest BCUT2D eigenvalue weighted by atomic mass is 32.2. The number of nitrogens with one attached hydrogen (secondary N) is 1. The van der Waals surface area contributed by atoms with Gasteiger partial charge in [-0.1, -0.05) is 36.0 Å². The van der Waals surface area contributed by atoms with Crippen LogP contribution in [0, 0.1) is 0 Å². The zero-order chi connectivity index (χ0) is 19.2. The molecule has 7 heteroatoms. The van der Waals surface area contributed by atoms with E-state index in [1.54, 1.807) is 11.8 Å². The lowest BCUT2D eigenvalue weighted by molar-refractivity contribution is 0.00578. The van der Waals surface area contributed by atoms with Gasteiger partial charge in [0.25, 0.3) is 5.56 Å². The van der Waals surface area contributed by atoms with Gasteiger partial charge in [-0.05, 0) is 58.0 Å². The highest BCUT2D eigenvalue weighted by Crippen LogP contribution is 2.36. The molecule has 142 valence electrons. The molecule has 4 rings (SSSR count). The first-order valence-corrected chi connectivity index (χ1v) is 10.4. The fourth-order valence-corrected chi connectivity index (χ4v) is 4.24. The number of hydrogen-bond acceptors (Lipinski definition) is 5. The molecule has 1 aliphatic carbocycles. The fraction of sp³-hybridized carbons (Fsp3) is 0.500. The van der Waals surface area contributed by atoms with Crippen molar-refractivity contribution in [3.8, 4) is 0 Å². The third-order valence-electron chi connectivity index (χ3n) is 5.82. The molecular formula is C20H25BN2O3S. The third kappa shape index (κ3) is 3.60. The number of aromatic amines is 1. The SMILES string of the molecule is CC1(C)OB(c2ccc(CSc3nc(=O)c4c([nH]3)CCC4)cc2)OC1(C)C. The number of fused-ring (bicyclic) bond motifs is 1. The largest absolute Gasteiger partial charge is 0.494 e. The lowest BCUT2D eigenvalue weighted by Crippen LogP contribution is -2.41. The maximum atomic E-state index is 12.1. The Kier molecular flexibility index (Phi) is 4.73. The zero-order valence-electron chi connectivity index (χ0n) is 16.3. The van der Waals surface area contributed by atoms with E-state index in [9.17, 15) is 4.79 Å². The van der Waals surface area contributed by atoms with Gasteiger partial charge in [0.15, 0.2) is 5.16 Å². The van der Waals surface area contributed by atoms with Gasteiger partial charge in [-0.15, -0.1) is 0 Å². The molecule has 0 saturated carbocycles. The molecule has 5 nitrogen and oxygen atoms in total. The van der Waals surface area contributed by atoms with E-state index < -0.39 is 0 Å². The van der Waals surface area contributed by atoms with E-state index in [1.165, 1.54) is 5.56 Å². The summed E-state index contributed by atoms with van der Waals surface area (Å²) >= 11 is 1.56. The Morgan fingerprint density at radius 3 is 2.44 bits per heavy atom. The van der Waals surface area contributed by atoms with Crippen molar-refractivity contribution in [2.24, 2.45) is 0 Å². The summed E-state index contributed by atoms with van der Waals surface area (Å²) in [5, 5.41) is 0.704. The molecule has 0 amide bonds. The van der Waals surface area contributed by atoms with Gasteiger partial charge in [-0.25, -0.2) is 0 Å². The van der Waals surface area contributed by atoms with Gasteiger partial charge in [0.05, 0.1) is 11.2 Å². The summed E-state index contributed by atoms with van der Waals surface area (Å²) in [5.74, 6) is 0.755. The molecule has 0 unspecified atom stereocenters. The van der Waals surface area contributed by atoms with Crippen LogP contribution in [0.4, 0.5) is 0 Å². The monoisotopic (exact) mass is 384 g/mol. The maximum Gasteiger partial charge on any atom is 0.494 e. The van der Waals surface area contributed by atoms with Crippen molar-refractivity contribution in [2.45, 2.75) is 69.1 Å². The molecule has 1 aromatic heterocycles. The number of H-pyrrole nitrogens is 1. The number of thioether (sulfide) groups is 1. The van der Waals surface area contributed by atoms with Crippen LogP contribution in [0.25, 0.3) is 0 Å². The summed E-state index contributed by atoms with van der Waals surface area (Å²) in [6.07, 6.45) is 2.84. The minimum atomic E-state index is -0.341. The normalized spacial score (nSPS) is 20.1. The number of benzene rings is 1. The number of hydrogen-bond donors (Lipinski definition) is 1. The van der Waals surface area contributed by atoms with Crippen LogP contribution in [0.3, 0.4) is 0 Å². The number of rotatable bonds is 4. The van der Waals surface area contributed by atoms with Gasteiger partial charge in [0.1, 0.15) is 0 Å². The third-order valence-corrected chi connectivity index (χ3v) is 6.76. The molecule has 1 aliphatic heterocycles. The summed E-state index contributed by atoms with van der Waals surface area (Å²) in [5.41, 5.74) is 3.38. The standard InChI is InChI=1S/C20H25BN2O3S/c1-19(2)20(3,4)26-21(25-19)14-10-8-13(9-11-14)12-27-18-22-16-7-5-6-15(16)17(24)23-18/h8-11H,5-7,12H2,1-4H3,(H,22,23,24). The number of nitrogens with zero attached hydrogens (tertiary/aromatic N) is 1. The molecular weight excluding hydrogens is 359 g/mol. The minimum absolute atomic E-state index is 0.0696. The van der Waals surface area contributed by atoms with Crippen molar-refractivity contribution < 1.29 is 9.31 Å². The second kappa shape index (κ2) is 6.80. The Balaban J connectivity index is 1.42. The Morgan fingerprint density at radius 2 is 1.78 bits per heavy atom. The Bertz CT molecular complexity index is 892. The second-order valence-electron chi connectivity index (χ2n) is 8.28. The summed E-state index contributed by atoms with van der Waals surface area (Å²) in [6, 6.07) is 8.27. The van der Waals surface area contributed by atoms with Gasteiger partial charge in [0.2, 0.25) is 0 Å². The maximum absolute atomic E-state index is 12.1. The van der Waals surface area contributed by atoms with E-state index in [0.717, 1.165) is 41.7 Å². The molecule has 1 aromatic carbocycles. The summed E-state index contributed by atoms with van der Waals surface area (Å²) in [7, 11) is -0.341. The van der Waals surface area contributed by atoms with Crippen LogP contribution in [0.5, 0.6) is 0 Å². The van der Waals surface area contributed by atoms with Crippen LogP contribution in [-0.2, 0) is 27.9 Å². The van der Waals surface area contributed by atoms with E-state index in [0.29, 0.717) is 5.16 Å². The van der Waals surface area contributed by atoms with Crippen LogP contribution in [0.2, 0.25) is 0 Å². The first kappa shape index (κ1) is 18.8. The second-order valence-corrected chi connectivity index (χ2v) is 9.24. The average Bonchev–Trinajstić information content (AvgIpc) is 3.16. The quantitative estimate of drug-likeness (QED) is 0.499. The van der Waals surface area contributed by atoms with Crippen LogP contribution < -0.4 is 11.0 Å². The molecule has 27 heavy (non-hydrogen) atoms. The van der Waals surface area contributed by atoms with Crippen molar-refractivity contribution in [3.63, 3.8) is 0 Å². The average molecular weight is 384 g/mol. The molecule has 2 aromatic rings. The molecule has 1 fully saturated rings. The summed E-state index contributed by atoms with van der Waals surface area (Å²) in [4.78, 5) is 19.6. The molecule has 2 aliphatic rings. The first-order valence-electron chi connectivity index (χ1n) is 9.44. The molecule has 1 saturated heterocycles. The molecule has 0 bridgehead atoms. The molecule has 2 heterocycles. The Morgan fingerprint density at radius 1 is 1.11 bits per heavy atom. The van der Waals surface area contributed by atoms with Crippen molar-refractivity contribution in [1.82, 2.24) is 9.97 Å². The van der Waals surface area contributed by atoms with E-state index in [-0.39, 0.29) is 23.9 Å². The van der Waals surface area contributed by atoms with Crippen LogP contribution in [-0.4, -0.2) is 28.3 Å². The first-order chi connectivity index (χ1) is 12.7. The topological polar surface area (TPSA) is 64.2 Å². The number of aromatic nitrogens is 2. The van der Waals surface area contributed by atoms with Gasteiger partial charge in [-0.3, -0.25) is 4.79 Å². The van der Waals surface area contributed by atoms with Gasteiger partial charge in [0, 0.05) is 17.0 Å². The molecule has 0 radical (unpaired) electrons. The van der Waals surface area contributed by atoms with Gasteiger partial charge >= 0.3 is 7.12 Å². The lowest BCUT2D eigenvalue weighted by Gasteiger charge is -2.32. The van der Waals surface area contributed by atoms with Crippen LogP contribution in [0.1, 0.15) is 50.9 Å². The van der Waals surface area contributed by atoms with E-state index >= 15 is 0 Å². The smallest absolute Gasteiger partial charge is 0.399 e.